The van der Waals surface area contributed by atoms with Gasteiger partial charge in [-0.3, -0.25) is 14.4 Å². The Labute approximate surface area is 109 Å². The molecule has 5 nitrogen and oxygen atoms in total. The number of hydrogen-bond donors (Lipinski definition) is 2. The molecule has 0 saturated heterocycles. The first-order chi connectivity index (χ1) is 9.21. The van der Waals surface area contributed by atoms with Gasteiger partial charge in [-0.25, -0.2) is 0 Å². The number of anilines is 1. The number of hydrogen-bond acceptors (Lipinski definition) is 4. The molecule has 0 heterocycles. The largest absolute Gasteiger partial charge is 0.504 e. The number of carbonyl (C=O) groups is 3. The maximum atomic E-state index is 12.2. The fourth-order valence-corrected chi connectivity index (χ4v) is 1.70. The lowest BCUT2D eigenvalue weighted by Gasteiger charge is -2.16. The van der Waals surface area contributed by atoms with Gasteiger partial charge in [0, 0.05) is 11.6 Å². The lowest BCUT2D eigenvalue weighted by molar-refractivity contribution is -0.167. The van der Waals surface area contributed by atoms with Gasteiger partial charge in [0.2, 0.25) is 5.78 Å². The fraction of sp³-hybridized carbons (Fsp3) is 0.0833. The van der Waals surface area contributed by atoms with E-state index in [2.05, 4.69) is 0 Å². The summed E-state index contributed by atoms with van der Waals surface area (Å²) in [5.41, 5.74) is -1.13. The summed E-state index contributed by atoms with van der Waals surface area (Å²) in [6.07, 6.45) is -4.47. The summed E-state index contributed by atoms with van der Waals surface area (Å²) in [7, 11) is 0. The van der Waals surface area contributed by atoms with Gasteiger partial charge in [0.25, 0.3) is 0 Å². The molecule has 0 spiro atoms. The van der Waals surface area contributed by atoms with Crippen molar-refractivity contribution in [3.63, 3.8) is 0 Å². The minimum Gasteiger partial charge on any atom is -0.504 e. The van der Waals surface area contributed by atoms with Crippen molar-refractivity contribution >= 4 is 23.2 Å². The quantitative estimate of drug-likeness (QED) is 0.826. The van der Waals surface area contributed by atoms with Crippen LogP contribution >= 0.6 is 0 Å². The third-order valence-corrected chi connectivity index (χ3v) is 2.56. The number of carbonyl (C=O) groups excluding carboxylic acids is 3. The van der Waals surface area contributed by atoms with Gasteiger partial charge < -0.3 is 10.4 Å². The highest BCUT2D eigenvalue weighted by Crippen LogP contribution is 2.28. The molecule has 1 aromatic rings. The van der Waals surface area contributed by atoms with Gasteiger partial charge in [-0.05, 0) is 6.07 Å². The third-order valence-electron chi connectivity index (χ3n) is 2.56. The fourth-order valence-electron chi connectivity index (χ4n) is 1.70. The Morgan fingerprint density at radius 2 is 1.85 bits per heavy atom. The zero-order chi connectivity index (χ0) is 15.1. The molecule has 8 heteroatoms. The first kappa shape index (κ1) is 13.8. The van der Waals surface area contributed by atoms with Gasteiger partial charge in [0.1, 0.15) is 0 Å². The van der Waals surface area contributed by atoms with Gasteiger partial charge >= 0.3 is 12.1 Å². The number of aliphatic hydroxyl groups is 1. The molecule has 0 radical (unpaired) electrons. The maximum Gasteiger partial charge on any atom is 0.471 e. The molecular formula is C12H6F3NO4. The van der Waals surface area contributed by atoms with Crippen LogP contribution in [0.15, 0.2) is 30.0 Å². The summed E-state index contributed by atoms with van der Waals surface area (Å²) in [5, 5.41) is 10.8. The van der Waals surface area contributed by atoms with Crippen molar-refractivity contribution < 1.29 is 32.7 Å². The van der Waals surface area contributed by atoms with Crippen LogP contribution in [0.25, 0.3) is 0 Å². The second kappa shape index (κ2) is 4.48. The summed E-state index contributed by atoms with van der Waals surface area (Å²) in [5.74, 6) is -4.94. The van der Waals surface area contributed by atoms with Crippen LogP contribution in [0.5, 0.6) is 0 Å². The number of amides is 1. The van der Waals surface area contributed by atoms with E-state index in [1.807, 2.05) is 0 Å². The highest BCUT2D eigenvalue weighted by molar-refractivity contribution is 6.26. The second-order valence-electron chi connectivity index (χ2n) is 3.90. The van der Waals surface area contributed by atoms with Gasteiger partial charge in [-0.1, -0.05) is 12.1 Å². The molecule has 2 rings (SSSR count). The highest BCUT2D eigenvalue weighted by Gasteiger charge is 2.40. The van der Waals surface area contributed by atoms with Crippen molar-refractivity contribution in [3.8, 4) is 0 Å². The van der Waals surface area contributed by atoms with Crippen LogP contribution in [0.3, 0.4) is 0 Å². The number of Topliss-reactive ketones (excluding diaryl/α,β-unsaturated/α-hetero) is 1. The summed E-state index contributed by atoms with van der Waals surface area (Å²) in [4.78, 5) is 34.1. The van der Waals surface area contributed by atoms with E-state index >= 15 is 0 Å². The molecule has 0 saturated carbocycles. The molecule has 1 amide bonds. The van der Waals surface area contributed by atoms with E-state index in [1.54, 1.807) is 0 Å². The molecule has 1 aliphatic rings. The second-order valence-corrected chi connectivity index (χ2v) is 3.90. The zero-order valence-electron chi connectivity index (χ0n) is 9.62. The number of aliphatic hydroxyl groups excluding tert-OH is 1. The van der Waals surface area contributed by atoms with E-state index in [9.17, 15) is 32.7 Å². The summed E-state index contributed by atoms with van der Waals surface area (Å²) < 4.78 is 36.6. The van der Waals surface area contributed by atoms with Gasteiger partial charge in [0.15, 0.2) is 11.5 Å². The van der Waals surface area contributed by atoms with Crippen LogP contribution in [-0.2, 0) is 4.79 Å². The average Bonchev–Trinajstić information content (AvgIpc) is 2.35. The zero-order valence-corrected chi connectivity index (χ0v) is 9.62. The Morgan fingerprint density at radius 1 is 1.20 bits per heavy atom. The lowest BCUT2D eigenvalue weighted by Crippen LogP contribution is -2.31. The Hall–Kier alpha value is -2.64. The first-order valence-corrected chi connectivity index (χ1v) is 5.22. The maximum absolute atomic E-state index is 12.2. The Balaban J connectivity index is 2.50. The highest BCUT2D eigenvalue weighted by atomic mass is 19.4. The van der Waals surface area contributed by atoms with E-state index in [0.717, 1.165) is 6.07 Å². The van der Waals surface area contributed by atoms with Crippen molar-refractivity contribution in [2.24, 2.45) is 0 Å². The number of nitrogens with one attached hydrogen (secondary N) is 1. The van der Waals surface area contributed by atoms with Crippen molar-refractivity contribution in [1.82, 2.24) is 0 Å². The SMILES string of the molecule is O=C1C=C(O)C(=O)c2c(NC(=O)C(F)(F)F)cccc21. The Bertz CT molecular complexity index is 661. The summed E-state index contributed by atoms with van der Waals surface area (Å²) in [6.45, 7) is 0. The first-order valence-electron chi connectivity index (χ1n) is 5.22. The Kier molecular flexibility index (Phi) is 3.09. The molecule has 0 fully saturated rings. The normalized spacial score (nSPS) is 14.7. The van der Waals surface area contributed by atoms with E-state index in [-0.39, 0.29) is 5.56 Å². The van der Waals surface area contributed by atoms with Crippen LogP contribution in [0, 0.1) is 0 Å². The van der Waals surface area contributed by atoms with Gasteiger partial charge in [0.05, 0.1) is 11.3 Å². The molecule has 104 valence electrons. The van der Waals surface area contributed by atoms with E-state index in [1.165, 1.54) is 17.4 Å². The van der Waals surface area contributed by atoms with Crippen LogP contribution < -0.4 is 5.32 Å². The van der Waals surface area contributed by atoms with E-state index < -0.39 is 40.7 Å². The Morgan fingerprint density at radius 3 is 2.45 bits per heavy atom. The van der Waals surface area contributed by atoms with Crippen molar-refractivity contribution in [1.29, 1.82) is 0 Å². The monoisotopic (exact) mass is 285 g/mol. The number of rotatable bonds is 1. The predicted octanol–water partition coefficient (Wildman–Crippen LogP) is 2.01. The molecule has 0 bridgehead atoms. The molecule has 0 atom stereocenters. The predicted molar refractivity (Wildman–Crippen MR) is 60.5 cm³/mol. The van der Waals surface area contributed by atoms with Gasteiger partial charge in [-0.15, -0.1) is 0 Å². The van der Waals surface area contributed by atoms with Crippen LogP contribution in [0.4, 0.5) is 18.9 Å². The number of allylic oxidation sites excluding steroid dienone is 2. The number of alkyl halides is 3. The molecule has 2 N–H and O–H groups in total. The molecule has 1 aliphatic carbocycles. The van der Waals surface area contributed by atoms with Crippen LogP contribution in [0.1, 0.15) is 20.7 Å². The van der Waals surface area contributed by atoms with Gasteiger partial charge in [-0.2, -0.15) is 13.2 Å². The number of halogens is 3. The topological polar surface area (TPSA) is 83.5 Å². The molecule has 0 aliphatic heterocycles. The van der Waals surface area contributed by atoms with Crippen LogP contribution in [0.2, 0.25) is 0 Å². The number of fused-ring (bicyclic) bond motifs is 1. The molecule has 0 aromatic heterocycles. The van der Waals surface area contributed by atoms with Crippen molar-refractivity contribution in [3.05, 3.63) is 41.2 Å². The number of benzene rings is 1. The number of ketones is 2. The average molecular weight is 285 g/mol. The third kappa shape index (κ3) is 2.27. The van der Waals surface area contributed by atoms with E-state index in [4.69, 9.17) is 0 Å². The standard InChI is InChI=1S/C12H6F3NO4/c13-12(14,15)11(20)16-6-3-1-2-5-7(17)4-8(18)10(19)9(5)6/h1-4,18H,(H,16,20). The van der Waals surface area contributed by atoms with Crippen molar-refractivity contribution in [2.45, 2.75) is 6.18 Å². The van der Waals surface area contributed by atoms with E-state index in [0.29, 0.717) is 6.08 Å². The lowest BCUT2D eigenvalue weighted by atomic mass is 9.92. The molecule has 20 heavy (non-hydrogen) atoms. The molecule has 1 aromatic carbocycles. The minimum atomic E-state index is -5.14. The molecule has 0 unspecified atom stereocenters. The van der Waals surface area contributed by atoms with Crippen molar-refractivity contribution in [2.75, 3.05) is 5.32 Å². The molecular weight excluding hydrogens is 279 g/mol. The smallest absolute Gasteiger partial charge is 0.471 e. The minimum absolute atomic E-state index is 0.187. The van der Waals surface area contributed by atoms with Crippen LogP contribution in [-0.4, -0.2) is 28.8 Å². The summed E-state index contributed by atoms with van der Waals surface area (Å²) in [6, 6.07) is 3.46. The summed E-state index contributed by atoms with van der Waals surface area (Å²) >= 11 is 0.